The summed E-state index contributed by atoms with van der Waals surface area (Å²) in [6.07, 6.45) is 1.92. The van der Waals surface area contributed by atoms with Crippen molar-refractivity contribution in [3.63, 3.8) is 0 Å². The van der Waals surface area contributed by atoms with Crippen LogP contribution in [0.4, 0.5) is 4.39 Å². The van der Waals surface area contributed by atoms with Gasteiger partial charge in [0.2, 0.25) is 5.89 Å². The first-order chi connectivity index (χ1) is 8.81. The zero-order chi connectivity index (χ0) is 12.8. The van der Waals surface area contributed by atoms with E-state index in [4.69, 9.17) is 9.78 Å². The number of nitrogens with zero attached hydrogens (tertiary/aromatic N) is 3. The van der Waals surface area contributed by atoms with Crippen LogP contribution in [0.25, 0.3) is 0 Å². The SMILES string of the molecule is N#Cc1cccc(CNCCc2ncno2)c1F. The van der Waals surface area contributed by atoms with Crippen LogP contribution in [0, 0.1) is 17.1 Å². The molecule has 0 bridgehead atoms. The Bertz CT molecular complexity index is 548. The lowest BCUT2D eigenvalue weighted by molar-refractivity contribution is 0.374. The highest BCUT2D eigenvalue weighted by molar-refractivity contribution is 5.34. The molecule has 0 aliphatic rings. The van der Waals surface area contributed by atoms with Gasteiger partial charge in [-0.05, 0) is 6.07 Å². The van der Waals surface area contributed by atoms with Gasteiger partial charge in [0.1, 0.15) is 11.9 Å². The van der Waals surface area contributed by atoms with E-state index in [1.165, 1.54) is 12.4 Å². The molecule has 6 heteroatoms. The van der Waals surface area contributed by atoms with E-state index in [1.54, 1.807) is 12.1 Å². The zero-order valence-electron chi connectivity index (χ0n) is 9.56. The Kier molecular flexibility index (Phi) is 3.99. The number of hydrogen-bond donors (Lipinski definition) is 1. The van der Waals surface area contributed by atoms with Crippen LogP contribution in [0.5, 0.6) is 0 Å². The molecule has 0 radical (unpaired) electrons. The molecule has 5 nitrogen and oxygen atoms in total. The minimum atomic E-state index is -0.467. The van der Waals surface area contributed by atoms with Crippen LogP contribution < -0.4 is 5.32 Å². The molecule has 0 saturated carbocycles. The summed E-state index contributed by atoms with van der Waals surface area (Å²) in [5.74, 6) is 0.0686. The third kappa shape index (κ3) is 2.90. The summed E-state index contributed by atoms with van der Waals surface area (Å²) in [6, 6.07) is 6.58. The van der Waals surface area contributed by atoms with Crippen LogP contribution in [0.2, 0.25) is 0 Å². The molecule has 1 aromatic heterocycles. The van der Waals surface area contributed by atoms with Crippen molar-refractivity contribution < 1.29 is 8.91 Å². The molecule has 1 heterocycles. The van der Waals surface area contributed by atoms with Crippen LogP contribution in [-0.2, 0) is 13.0 Å². The molecule has 2 rings (SSSR count). The molecule has 0 saturated heterocycles. The molecule has 0 unspecified atom stereocenters. The normalized spacial score (nSPS) is 10.2. The van der Waals surface area contributed by atoms with Gasteiger partial charge >= 0.3 is 0 Å². The van der Waals surface area contributed by atoms with E-state index < -0.39 is 5.82 Å². The van der Waals surface area contributed by atoms with Gasteiger partial charge < -0.3 is 9.84 Å². The molecule has 1 aromatic carbocycles. The molecule has 0 amide bonds. The molecule has 0 atom stereocenters. The Balaban J connectivity index is 1.85. The van der Waals surface area contributed by atoms with E-state index in [2.05, 4.69) is 15.5 Å². The van der Waals surface area contributed by atoms with Crippen molar-refractivity contribution >= 4 is 0 Å². The highest BCUT2D eigenvalue weighted by atomic mass is 19.1. The monoisotopic (exact) mass is 246 g/mol. The van der Waals surface area contributed by atoms with E-state index in [0.717, 1.165) is 0 Å². The van der Waals surface area contributed by atoms with Crippen molar-refractivity contribution in [2.45, 2.75) is 13.0 Å². The van der Waals surface area contributed by atoms with Gasteiger partial charge in [-0.25, -0.2) is 4.39 Å². The van der Waals surface area contributed by atoms with Crippen molar-refractivity contribution in [1.82, 2.24) is 15.5 Å². The van der Waals surface area contributed by atoms with Crippen LogP contribution >= 0.6 is 0 Å². The first-order valence-corrected chi connectivity index (χ1v) is 5.45. The molecule has 0 fully saturated rings. The van der Waals surface area contributed by atoms with Crippen LogP contribution in [0.15, 0.2) is 29.0 Å². The molecule has 0 aliphatic heterocycles. The molecule has 2 aromatic rings. The largest absolute Gasteiger partial charge is 0.340 e. The maximum absolute atomic E-state index is 13.7. The number of nitriles is 1. The molecule has 1 N–H and O–H groups in total. The predicted octanol–water partition coefficient (Wildman–Crippen LogP) is 1.41. The molecular formula is C12H11FN4O. The van der Waals surface area contributed by atoms with Gasteiger partial charge in [-0.2, -0.15) is 10.2 Å². The van der Waals surface area contributed by atoms with E-state index in [1.807, 2.05) is 6.07 Å². The lowest BCUT2D eigenvalue weighted by atomic mass is 10.1. The van der Waals surface area contributed by atoms with Crippen LogP contribution in [-0.4, -0.2) is 16.7 Å². The standard InChI is InChI=1S/C12H11FN4O/c13-12-9(6-14)2-1-3-10(12)7-15-5-4-11-16-8-17-18-11/h1-3,8,15H,4-5,7H2. The molecular weight excluding hydrogens is 235 g/mol. The number of benzene rings is 1. The molecule has 92 valence electrons. The first-order valence-electron chi connectivity index (χ1n) is 5.45. The van der Waals surface area contributed by atoms with Gasteiger partial charge in [0, 0.05) is 25.1 Å². The summed E-state index contributed by atoms with van der Waals surface area (Å²) in [5.41, 5.74) is 0.533. The Labute approximate surface area is 103 Å². The van der Waals surface area contributed by atoms with Crippen molar-refractivity contribution in [2.24, 2.45) is 0 Å². The lowest BCUT2D eigenvalue weighted by Crippen LogP contribution is -2.17. The molecule has 0 spiro atoms. The summed E-state index contributed by atoms with van der Waals surface area (Å²) in [7, 11) is 0. The van der Waals surface area contributed by atoms with Gasteiger partial charge in [0.25, 0.3) is 0 Å². The fourth-order valence-electron chi connectivity index (χ4n) is 1.53. The van der Waals surface area contributed by atoms with Gasteiger partial charge in [0.15, 0.2) is 6.33 Å². The average molecular weight is 246 g/mol. The number of nitrogens with one attached hydrogen (secondary N) is 1. The second kappa shape index (κ2) is 5.89. The molecule has 0 aliphatic carbocycles. The third-order valence-electron chi connectivity index (χ3n) is 2.44. The molecule has 18 heavy (non-hydrogen) atoms. The Morgan fingerprint density at radius 1 is 1.44 bits per heavy atom. The zero-order valence-corrected chi connectivity index (χ0v) is 9.56. The van der Waals surface area contributed by atoms with Gasteiger partial charge in [-0.3, -0.25) is 0 Å². The maximum Gasteiger partial charge on any atom is 0.227 e. The fraction of sp³-hybridized carbons (Fsp3) is 0.250. The number of halogens is 1. The van der Waals surface area contributed by atoms with Gasteiger partial charge in [-0.1, -0.05) is 17.3 Å². The van der Waals surface area contributed by atoms with E-state index >= 15 is 0 Å². The number of rotatable bonds is 5. The summed E-state index contributed by atoms with van der Waals surface area (Å²) < 4.78 is 18.5. The van der Waals surface area contributed by atoms with Gasteiger partial charge in [0.05, 0.1) is 5.56 Å². The quantitative estimate of drug-likeness (QED) is 0.807. The highest BCUT2D eigenvalue weighted by Gasteiger charge is 2.07. The summed E-state index contributed by atoms with van der Waals surface area (Å²) in [6.45, 7) is 0.952. The lowest BCUT2D eigenvalue weighted by Gasteiger charge is -2.05. The highest BCUT2D eigenvalue weighted by Crippen LogP contribution is 2.11. The second-order valence-electron chi connectivity index (χ2n) is 3.65. The van der Waals surface area contributed by atoms with Crippen molar-refractivity contribution in [2.75, 3.05) is 6.54 Å². The average Bonchev–Trinajstić information content (AvgIpc) is 2.89. The Morgan fingerprint density at radius 3 is 3.06 bits per heavy atom. The Morgan fingerprint density at radius 2 is 2.33 bits per heavy atom. The number of aromatic nitrogens is 2. The van der Waals surface area contributed by atoms with E-state index in [0.29, 0.717) is 31.0 Å². The third-order valence-corrected chi connectivity index (χ3v) is 2.44. The minimum absolute atomic E-state index is 0.0613. The smallest absolute Gasteiger partial charge is 0.227 e. The van der Waals surface area contributed by atoms with Crippen molar-refractivity contribution in [3.8, 4) is 6.07 Å². The van der Waals surface area contributed by atoms with E-state index in [-0.39, 0.29) is 5.56 Å². The number of hydrogen-bond acceptors (Lipinski definition) is 5. The van der Waals surface area contributed by atoms with Crippen LogP contribution in [0.3, 0.4) is 0 Å². The van der Waals surface area contributed by atoms with Crippen LogP contribution in [0.1, 0.15) is 17.0 Å². The van der Waals surface area contributed by atoms with E-state index in [9.17, 15) is 4.39 Å². The van der Waals surface area contributed by atoms with Gasteiger partial charge in [-0.15, -0.1) is 0 Å². The second-order valence-corrected chi connectivity index (χ2v) is 3.65. The van der Waals surface area contributed by atoms with Crippen molar-refractivity contribution in [1.29, 1.82) is 5.26 Å². The summed E-state index contributed by atoms with van der Waals surface area (Å²) in [4.78, 5) is 3.87. The fourth-order valence-corrected chi connectivity index (χ4v) is 1.53. The Hall–Kier alpha value is -2.26. The maximum atomic E-state index is 13.7. The predicted molar refractivity (Wildman–Crippen MR) is 60.8 cm³/mol. The first kappa shape index (κ1) is 12.2. The summed E-state index contributed by atoms with van der Waals surface area (Å²) >= 11 is 0. The minimum Gasteiger partial charge on any atom is -0.340 e. The van der Waals surface area contributed by atoms with Crippen molar-refractivity contribution in [3.05, 3.63) is 47.4 Å². The topological polar surface area (TPSA) is 74.7 Å². The summed E-state index contributed by atoms with van der Waals surface area (Å²) in [5, 5.41) is 15.2.